The molecule has 47 heavy (non-hydrogen) atoms. The zero-order chi connectivity index (χ0) is 32.9. The van der Waals surface area contributed by atoms with Gasteiger partial charge in [-0.15, -0.1) is 0 Å². The first-order chi connectivity index (χ1) is 22.8. The Kier molecular flexibility index (Phi) is 8.84. The van der Waals surface area contributed by atoms with Crippen LogP contribution in [0.2, 0.25) is 0 Å². The van der Waals surface area contributed by atoms with Gasteiger partial charge in [-0.1, -0.05) is 54.6 Å². The fourth-order valence-electron chi connectivity index (χ4n) is 5.07. The van der Waals surface area contributed by atoms with Gasteiger partial charge < -0.3 is 24.3 Å². The number of ether oxygens (including phenoxy) is 4. The van der Waals surface area contributed by atoms with Crippen LogP contribution in [0, 0.1) is 0 Å². The summed E-state index contributed by atoms with van der Waals surface area (Å²) in [4.78, 5) is 74.8. The van der Waals surface area contributed by atoms with Crippen molar-refractivity contribution >= 4 is 40.8 Å². The lowest BCUT2D eigenvalue weighted by molar-refractivity contribution is -0.114. The van der Waals surface area contributed by atoms with E-state index in [2.05, 4.69) is 20.3 Å². The van der Waals surface area contributed by atoms with E-state index in [-0.39, 0.29) is 33.7 Å². The molecule has 3 heterocycles. The Bertz CT molecular complexity index is 1980. The molecular weight excluding hydrogens is 610 g/mol. The number of anilines is 1. The van der Waals surface area contributed by atoms with Gasteiger partial charge in [-0.05, 0) is 36.4 Å². The smallest absolute Gasteiger partial charge is 0.348 e. The summed E-state index contributed by atoms with van der Waals surface area (Å²) >= 11 is 0. The molecule has 4 atom stereocenters. The van der Waals surface area contributed by atoms with Crippen LogP contribution >= 0.6 is 0 Å². The second-order valence-corrected chi connectivity index (χ2v) is 10.4. The number of benzene rings is 3. The minimum atomic E-state index is -1.36. The van der Waals surface area contributed by atoms with Gasteiger partial charge in [-0.25, -0.2) is 24.2 Å². The van der Waals surface area contributed by atoms with Gasteiger partial charge in [0.25, 0.3) is 0 Å². The van der Waals surface area contributed by atoms with Crippen molar-refractivity contribution in [3.63, 3.8) is 0 Å². The third-order valence-electron chi connectivity index (χ3n) is 7.20. The Morgan fingerprint density at radius 3 is 1.89 bits per heavy atom. The van der Waals surface area contributed by atoms with Gasteiger partial charge in [-0.2, -0.15) is 4.98 Å². The van der Waals surface area contributed by atoms with Gasteiger partial charge in [0.2, 0.25) is 5.91 Å². The molecule has 0 saturated carbocycles. The summed E-state index contributed by atoms with van der Waals surface area (Å²) in [5, 5.41) is 2.50. The highest BCUT2D eigenvalue weighted by Gasteiger charge is 2.52. The maximum Gasteiger partial charge on any atom is 0.348 e. The molecular formula is C33H27N5O9. The highest BCUT2D eigenvalue weighted by molar-refractivity contribution is 5.95. The molecule has 1 aliphatic rings. The van der Waals surface area contributed by atoms with Crippen molar-refractivity contribution in [1.29, 1.82) is 0 Å². The monoisotopic (exact) mass is 637 g/mol. The zero-order valence-electron chi connectivity index (χ0n) is 24.8. The van der Waals surface area contributed by atoms with Gasteiger partial charge in [0.1, 0.15) is 24.0 Å². The average Bonchev–Trinajstić information content (AvgIpc) is 3.65. The average molecular weight is 638 g/mol. The minimum Gasteiger partial charge on any atom is -0.459 e. The van der Waals surface area contributed by atoms with E-state index in [9.17, 15) is 24.0 Å². The van der Waals surface area contributed by atoms with Crippen LogP contribution in [0.1, 0.15) is 44.2 Å². The Morgan fingerprint density at radius 1 is 0.809 bits per heavy atom. The van der Waals surface area contributed by atoms with Gasteiger partial charge in [0.15, 0.2) is 24.1 Å². The number of aromatic nitrogens is 4. The molecule has 14 nitrogen and oxygen atoms in total. The SMILES string of the molecule is CC(=O)Nc1[nH]c(=O)nc2c1ncn2[C@@H]1O[C@H](COC(=O)c2ccccc2)[C@@H](OC(=O)c2ccccc2)[C@H]1OC(=O)c1ccccc1. The molecule has 238 valence electrons. The molecule has 1 amide bonds. The Hall–Kier alpha value is -6.15. The van der Waals surface area contributed by atoms with E-state index in [0.29, 0.717) is 0 Å². The van der Waals surface area contributed by atoms with Crippen LogP contribution in [-0.2, 0) is 23.7 Å². The molecule has 0 spiro atoms. The summed E-state index contributed by atoms with van der Waals surface area (Å²) in [5.74, 6) is -2.66. The van der Waals surface area contributed by atoms with Gasteiger partial charge in [-0.3, -0.25) is 14.3 Å². The third kappa shape index (κ3) is 6.77. The molecule has 0 unspecified atom stereocenters. The normalized spacial score (nSPS) is 18.7. The lowest BCUT2D eigenvalue weighted by atomic mass is 10.1. The first-order valence-electron chi connectivity index (χ1n) is 14.4. The second kappa shape index (κ2) is 13.5. The number of hydrogen-bond donors (Lipinski definition) is 2. The summed E-state index contributed by atoms with van der Waals surface area (Å²) in [6.07, 6.45) is -3.86. The lowest BCUT2D eigenvalue weighted by Crippen LogP contribution is -2.41. The molecule has 0 bridgehead atoms. The van der Waals surface area contributed by atoms with E-state index in [4.69, 9.17) is 18.9 Å². The number of nitrogens with one attached hydrogen (secondary N) is 2. The Balaban J connectivity index is 1.41. The fraction of sp³-hybridized carbons (Fsp3) is 0.182. The molecule has 1 aliphatic heterocycles. The highest BCUT2D eigenvalue weighted by Crippen LogP contribution is 2.37. The molecule has 14 heteroatoms. The first kappa shape index (κ1) is 30.9. The summed E-state index contributed by atoms with van der Waals surface area (Å²) in [5.41, 5.74) is -0.0333. The number of carbonyl (C=O) groups excluding carboxylic acids is 4. The number of amides is 1. The van der Waals surface area contributed by atoms with Crippen molar-refractivity contribution in [2.75, 3.05) is 11.9 Å². The van der Waals surface area contributed by atoms with E-state index in [1.165, 1.54) is 17.8 Å². The van der Waals surface area contributed by atoms with E-state index >= 15 is 0 Å². The van der Waals surface area contributed by atoms with Crippen LogP contribution in [0.3, 0.4) is 0 Å². The van der Waals surface area contributed by atoms with Crippen molar-refractivity contribution in [2.45, 2.75) is 31.5 Å². The van der Waals surface area contributed by atoms with Crippen molar-refractivity contribution in [3.8, 4) is 0 Å². The maximum absolute atomic E-state index is 13.4. The Labute approximate surface area is 266 Å². The molecule has 2 N–H and O–H groups in total. The summed E-state index contributed by atoms with van der Waals surface area (Å²) < 4.78 is 25.1. The summed E-state index contributed by atoms with van der Waals surface area (Å²) in [6, 6.07) is 24.5. The zero-order valence-corrected chi connectivity index (χ0v) is 24.8. The number of H-pyrrole nitrogens is 1. The Morgan fingerprint density at radius 2 is 1.34 bits per heavy atom. The number of hydrogen-bond acceptors (Lipinski definition) is 11. The molecule has 1 fully saturated rings. The van der Waals surface area contributed by atoms with E-state index in [1.807, 2.05) is 0 Å². The van der Waals surface area contributed by atoms with E-state index in [1.54, 1.807) is 91.0 Å². The van der Waals surface area contributed by atoms with Crippen molar-refractivity contribution in [2.24, 2.45) is 0 Å². The largest absolute Gasteiger partial charge is 0.459 e. The fourth-order valence-corrected chi connectivity index (χ4v) is 5.07. The van der Waals surface area contributed by atoms with Crippen LogP contribution < -0.4 is 11.0 Å². The summed E-state index contributed by atoms with van der Waals surface area (Å²) in [6.45, 7) is 0.849. The van der Waals surface area contributed by atoms with Gasteiger partial charge >= 0.3 is 23.6 Å². The van der Waals surface area contributed by atoms with Crippen molar-refractivity contribution in [1.82, 2.24) is 19.5 Å². The quantitative estimate of drug-likeness (QED) is 0.179. The van der Waals surface area contributed by atoms with Gasteiger partial charge in [0.05, 0.1) is 23.0 Å². The summed E-state index contributed by atoms with van der Waals surface area (Å²) in [7, 11) is 0. The molecule has 3 aromatic carbocycles. The standard InChI is InChI=1S/C33H27N5O9/c1-19(39)35-27-24-28(37-33(43)36-27)38(18-34-24)29-26(47-32(42)22-15-9-4-10-16-22)25(46-31(41)21-13-7-3-8-14-21)23(45-29)17-44-30(40)20-11-5-2-6-12-20/h2-16,18,23,25-26,29H,17H2,1H3,(H2,35,36,37,39,43)/t23-,25-,26-,29-/m1/s1. The number of imidazole rings is 1. The predicted octanol–water partition coefficient (Wildman–Crippen LogP) is 3.28. The highest BCUT2D eigenvalue weighted by atomic mass is 16.7. The number of nitrogens with zero attached hydrogens (tertiary/aromatic N) is 3. The molecule has 6 rings (SSSR count). The lowest BCUT2D eigenvalue weighted by Gasteiger charge is -2.25. The van der Waals surface area contributed by atoms with Gasteiger partial charge in [0, 0.05) is 6.92 Å². The molecule has 0 aliphatic carbocycles. The number of rotatable bonds is 9. The maximum atomic E-state index is 13.4. The van der Waals surface area contributed by atoms with Crippen LogP contribution in [-0.4, -0.2) is 68.3 Å². The molecule has 2 aromatic heterocycles. The number of aromatic amines is 1. The van der Waals surface area contributed by atoms with Crippen LogP contribution in [0.25, 0.3) is 11.2 Å². The van der Waals surface area contributed by atoms with E-state index < -0.39 is 60.7 Å². The third-order valence-corrected chi connectivity index (χ3v) is 7.20. The number of esters is 3. The number of fused-ring (bicyclic) bond motifs is 1. The predicted molar refractivity (Wildman–Crippen MR) is 164 cm³/mol. The molecule has 1 saturated heterocycles. The minimum absolute atomic E-state index is 0.0116. The first-order valence-corrected chi connectivity index (χ1v) is 14.4. The van der Waals surface area contributed by atoms with E-state index in [0.717, 1.165) is 0 Å². The van der Waals surface area contributed by atoms with Crippen LogP contribution in [0.4, 0.5) is 5.82 Å². The topological polar surface area (TPSA) is 181 Å². The van der Waals surface area contributed by atoms with Crippen LogP contribution in [0.5, 0.6) is 0 Å². The molecule has 5 aromatic rings. The molecule has 0 radical (unpaired) electrons. The van der Waals surface area contributed by atoms with Crippen molar-refractivity contribution in [3.05, 3.63) is 124 Å². The second-order valence-electron chi connectivity index (χ2n) is 10.4. The van der Waals surface area contributed by atoms with Crippen LogP contribution in [0.15, 0.2) is 102 Å². The van der Waals surface area contributed by atoms with Crippen molar-refractivity contribution < 1.29 is 38.1 Å². The number of carbonyl (C=O) groups is 4.